The van der Waals surface area contributed by atoms with Crippen LogP contribution in [0.5, 0.6) is 5.75 Å². The van der Waals surface area contributed by atoms with E-state index in [1.54, 1.807) is 24.3 Å². The van der Waals surface area contributed by atoms with Crippen LogP contribution < -0.4 is 10.0 Å². The van der Waals surface area contributed by atoms with Gasteiger partial charge in [0, 0.05) is 11.5 Å². The molecule has 0 heterocycles. The van der Waals surface area contributed by atoms with Gasteiger partial charge >= 0.3 is 5.97 Å². The van der Waals surface area contributed by atoms with E-state index in [2.05, 4.69) is 20.8 Å². The van der Waals surface area contributed by atoms with E-state index >= 15 is 0 Å². The number of hydrogen-bond donors (Lipinski definition) is 0. The van der Waals surface area contributed by atoms with E-state index in [4.69, 9.17) is 9.26 Å². The maximum absolute atomic E-state index is 13.5. The fourth-order valence-electron chi connectivity index (χ4n) is 2.77. The van der Waals surface area contributed by atoms with E-state index in [9.17, 15) is 9.36 Å². The first-order valence-electron chi connectivity index (χ1n) is 9.56. The maximum atomic E-state index is 13.5. The molecule has 4 nitrogen and oxygen atoms in total. The summed E-state index contributed by atoms with van der Waals surface area (Å²) >= 11 is 0. The lowest BCUT2D eigenvalue weighted by atomic mass is 9.87. The summed E-state index contributed by atoms with van der Waals surface area (Å²) in [6.07, 6.45) is 0.121. The van der Waals surface area contributed by atoms with Crippen LogP contribution in [0.2, 0.25) is 0 Å². The second-order valence-electron chi connectivity index (χ2n) is 8.93. The van der Waals surface area contributed by atoms with Crippen molar-refractivity contribution in [1.82, 2.24) is 0 Å². The normalized spacial score (nSPS) is 14.4. The van der Waals surface area contributed by atoms with Crippen molar-refractivity contribution in [1.29, 1.82) is 0 Å². The highest BCUT2D eigenvalue weighted by Gasteiger charge is 2.32. The lowest BCUT2D eigenvalue weighted by molar-refractivity contribution is -0.134. The average Bonchev–Trinajstić information content (AvgIpc) is 2.59. The number of carbonyl (C=O) groups is 1. The fraction of sp³-hybridized carbons (Fsp3) is 0.435. The molecule has 28 heavy (non-hydrogen) atoms. The predicted molar refractivity (Wildman–Crippen MR) is 115 cm³/mol. The second-order valence-corrected chi connectivity index (χ2v) is 11.4. The summed E-state index contributed by atoms with van der Waals surface area (Å²) in [6.45, 7) is 12.0. The summed E-state index contributed by atoms with van der Waals surface area (Å²) in [5, 5.41) is 0.618. The van der Waals surface area contributed by atoms with Gasteiger partial charge in [-0.2, -0.15) is 0 Å². The lowest BCUT2D eigenvalue weighted by Crippen LogP contribution is -2.24. The van der Waals surface area contributed by atoms with Crippen molar-refractivity contribution in [2.75, 3.05) is 6.16 Å². The van der Waals surface area contributed by atoms with Crippen LogP contribution in [0.4, 0.5) is 0 Å². The van der Waals surface area contributed by atoms with Gasteiger partial charge in [0.1, 0.15) is 5.75 Å². The number of benzene rings is 2. The van der Waals surface area contributed by atoms with Crippen molar-refractivity contribution in [2.24, 2.45) is 0 Å². The van der Waals surface area contributed by atoms with Crippen LogP contribution in [0, 0.1) is 0 Å². The number of rotatable bonds is 6. The molecule has 0 spiro atoms. The number of hydrogen-bond acceptors (Lipinski definition) is 4. The average molecular weight is 402 g/mol. The summed E-state index contributed by atoms with van der Waals surface area (Å²) < 4.78 is 24.9. The third kappa shape index (κ3) is 6.61. The van der Waals surface area contributed by atoms with Crippen LogP contribution in [0.1, 0.15) is 53.5 Å². The molecule has 0 aliphatic heterocycles. The van der Waals surface area contributed by atoms with Crippen LogP contribution in [0.25, 0.3) is 0 Å². The Hall–Kier alpha value is -1.90. The Morgan fingerprint density at radius 2 is 1.46 bits per heavy atom. The molecular weight excluding hydrogens is 371 g/mol. The predicted octanol–water partition coefficient (Wildman–Crippen LogP) is 5.70. The Morgan fingerprint density at radius 1 is 0.893 bits per heavy atom. The Balaban J connectivity index is 2.06. The zero-order chi connectivity index (χ0) is 21.0. The quantitative estimate of drug-likeness (QED) is 0.353. The van der Waals surface area contributed by atoms with Gasteiger partial charge in [0.15, 0.2) is 0 Å². The summed E-state index contributed by atoms with van der Waals surface area (Å²) in [5.41, 5.74) is 0.618. The summed E-state index contributed by atoms with van der Waals surface area (Å²) in [6, 6.07) is 16.6. The number of ether oxygens (including phenoxy) is 1. The van der Waals surface area contributed by atoms with Gasteiger partial charge in [0.25, 0.3) is 0 Å². The molecule has 0 aliphatic rings. The smallest absolute Gasteiger partial charge is 0.311 e. The van der Waals surface area contributed by atoms with E-state index in [0.29, 0.717) is 11.1 Å². The number of carbonyl (C=O) groups excluding carboxylic acids is 1. The molecule has 1 atom stereocenters. The molecule has 0 aliphatic carbocycles. The van der Waals surface area contributed by atoms with Crippen LogP contribution in [-0.4, -0.2) is 17.7 Å². The van der Waals surface area contributed by atoms with Crippen molar-refractivity contribution >= 4 is 18.6 Å². The molecule has 152 valence electrons. The fourth-order valence-corrected chi connectivity index (χ4v) is 5.21. The minimum Gasteiger partial charge on any atom is -0.427 e. The molecular formula is C23H31O4P. The minimum atomic E-state index is -3.18. The monoisotopic (exact) mass is 402 g/mol. The van der Waals surface area contributed by atoms with Crippen LogP contribution >= 0.6 is 7.37 Å². The van der Waals surface area contributed by atoms with Gasteiger partial charge in [-0.05, 0) is 56.0 Å². The SMILES string of the molecule is CC(C)(C)OP(=O)(CCC(=O)Oc1ccc(C(C)(C)C)cc1)c1ccccc1. The standard InChI is InChI=1S/C23H31O4P/c1-22(2,3)18-12-14-19(15-13-18)26-21(24)16-17-28(25,27-23(4,5)6)20-10-8-7-9-11-20/h7-15H,16-17H2,1-6H3. The first kappa shape index (κ1) is 22.4. The zero-order valence-electron chi connectivity index (χ0n) is 17.7. The molecule has 2 aromatic carbocycles. The van der Waals surface area contributed by atoms with Crippen molar-refractivity contribution in [3.63, 3.8) is 0 Å². The lowest BCUT2D eigenvalue weighted by Gasteiger charge is -2.27. The second kappa shape index (κ2) is 8.63. The maximum Gasteiger partial charge on any atom is 0.311 e. The molecule has 2 rings (SSSR count). The number of esters is 1. The first-order valence-corrected chi connectivity index (χ1v) is 11.4. The van der Waals surface area contributed by atoms with Gasteiger partial charge < -0.3 is 9.26 Å². The van der Waals surface area contributed by atoms with Crippen molar-refractivity contribution in [2.45, 2.75) is 59.0 Å². The Labute approximate surface area is 168 Å². The highest BCUT2D eigenvalue weighted by molar-refractivity contribution is 7.67. The van der Waals surface area contributed by atoms with Gasteiger partial charge in [0.05, 0.1) is 12.0 Å². The minimum absolute atomic E-state index is 0.0171. The van der Waals surface area contributed by atoms with Crippen molar-refractivity contribution < 1.29 is 18.6 Å². The molecule has 0 bridgehead atoms. The largest absolute Gasteiger partial charge is 0.427 e. The van der Waals surface area contributed by atoms with Gasteiger partial charge in [-0.25, -0.2) is 0 Å². The molecule has 0 fully saturated rings. The first-order chi connectivity index (χ1) is 12.9. The van der Waals surface area contributed by atoms with Gasteiger partial charge in [-0.3, -0.25) is 9.36 Å². The highest BCUT2D eigenvalue weighted by atomic mass is 31.2. The van der Waals surface area contributed by atoms with Gasteiger partial charge in [-0.15, -0.1) is 0 Å². The Kier molecular flexibility index (Phi) is 6.90. The zero-order valence-corrected chi connectivity index (χ0v) is 18.6. The van der Waals surface area contributed by atoms with Crippen LogP contribution in [0.15, 0.2) is 54.6 Å². The summed E-state index contributed by atoms with van der Waals surface area (Å²) in [7, 11) is -3.18. The summed E-state index contributed by atoms with van der Waals surface area (Å²) in [5.74, 6) is 0.0708. The van der Waals surface area contributed by atoms with E-state index < -0.39 is 18.9 Å². The molecule has 5 heteroatoms. The van der Waals surface area contributed by atoms with E-state index in [-0.39, 0.29) is 18.0 Å². The van der Waals surface area contributed by atoms with E-state index in [1.807, 2.05) is 51.1 Å². The van der Waals surface area contributed by atoms with Crippen LogP contribution in [0.3, 0.4) is 0 Å². The molecule has 0 saturated heterocycles. The molecule has 2 aromatic rings. The molecule has 0 radical (unpaired) electrons. The topological polar surface area (TPSA) is 52.6 Å². The summed E-state index contributed by atoms with van der Waals surface area (Å²) in [4.78, 5) is 12.3. The molecule has 0 N–H and O–H groups in total. The Bertz CT molecular complexity index is 828. The Morgan fingerprint density at radius 3 is 1.96 bits per heavy atom. The molecule has 0 saturated carbocycles. The third-order valence-corrected chi connectivity index (χ3v) is 6.87. The van der Waals surface area contributed by atoms with Gasteiger partial charge in [0.2, 0.25) is 7.37 Å². The molecule has 0 aromatic heterocycles. The highest BCUT2D eigenvalue weighted by Crippen LogP contribution is 2.49. The van der Waals surface area contributed by atoms with Crippen LogP contribution in [-0.2, 0) is 19.3 Å². The van der Waals surface area contributed by atoms with E-state index in [1.165, 1.54) is 5.56 Å². The molecule has 0 amide bonds. The third-order valence-electron chi connectivity index (χ3n) is 4.13. The van der Waals surface area contributed by atoms with Crippen molar-refractivity contribution in [3.05, 3.63) is 60.2 Å². The van der Waals surface area contributed by atoms with Gasteiger partial charge in [-0.1, -0.05) is 51.1 Å². The molecule has 1 unspecified atom stereocenters. The van der Waals surface area contributed by atoms with E-state index in [0.717, 1.165) is 0 Å². The van der Waals surface area contributed by atoms with Crippen molar-refractivity contribution in [3.8, 4) is 5.75 Å².